The van der Waals surface area contributed by atoms with Crippen molar-refractivity contribution in [3.63, 3.8) is 0 Å². The molecule has 0 saturated heterocycles. The smallest absolute Gasteiger partial charge is 0.257 e. The van der Waals surface area contributed by atoms with E-state index in [1.54, 1.807) is 36.7 Å². The van der Waals surface area contributed by atoms with Crippen molar-refractivity contribution in [1.29, 1.82) is 0 Å². The molecule has 0 aliphatic heterocycles. The Labute approximate surface area is 164 Å². The first-order valence-electron chi connectivity index (χ1n) is 9.18. The quantitative estimate of drug-likeness (QED) is 0.696. The second-order valence-corrected chi connectivity index (χ2v) is 7.01. The Morgan fingerprint density at radius 1 is 1.00 bits per heavy atom. The maximum absolute atomic E-state index is 12.8. The number of pyridine rings is 1. The number of rotatable bonds is 5. The Morgan fingerprint density at radius 2 is 1.71 bits per heavy atom. The third kappa shape index (κ3) is 4.11. The molecule has 2 amide bonds. The molecule has 3 aromatic rings. The Hall–Kier alpha value is -3.41. The topological polar surface area (TPSA) is 76.0 Å². The van der Waals surface area contributed by atoms with Crippen molar-refractivity contribution in [2.75, 3.05) is 10.6 Å². The number of aromatic nitrogens is 2. The van der Waals surface area contributed by atoms with E-state index in [0.717, 1.165) is 17.1 Å². The summed E-state index contributed by atoms with van der Waals surface area (Å²) in [7, 11) is 0. The van der Waals surface area contributed by atoms with Gasteiger partial charge in [0, 0.05) is 34.9 Å². The number of hydrogen-bond donors (Lipinski definition) is 2. The first-order valence-corrected chi connectivity index (χ1v) is 9.18. The largest absolute Gasteiger partial charge is 0.326 e. The summed E-state index contributed by atoms with van der Waals surface area (Å²) in [5.74, 6) is -0.379. The number of aryl methyl sites for hydroxylation is 1. The summed E-state index contributed by atoms with van der Waals surface area (Å²) in [6, 6.07) is 12.8. The summed E-state index contributed by atoms with van der Waals surface area (Å²) in [6.07, 6.45) is 3.49. The minimum Gasteiger partial charge on any atom is -0.326 e. The van der Waals surface area contributed by atoms with Crippen LogP contribution in [0.4, 0.5) is 11.4 Å². The maximum atomic E-state index is 12.8. The highest BCUT2D eigenvalue weighted by Crippen LogP contribution is 2.22. The van der Waals surface area contributed by atoms with E-state index in [9.17, 15) is 9.59 Å². The summed E-state index contributed by atoms with van der Waals surface area (Å²) >= 11 is 0. The zero-order chi connectivity index (χ0) is 20.3. The van der Waals surface area contributed by atoms with Gasteiger partial charge in [0.15, 0.2) is 0 Å². The van der Waals surface area contributed by atoms with Crippen LogP contribution >= 0.6 is 0 Å². The SMILES string of the molecule is Cc1cc(C(=O)Nc2cccc(NC(=O)C(C)C)c2)c(C)n1-c1cccnc1. The Bertz CT molecular complexity index is 1010. The molecule has 144 valence electrons. The van der Waals surface area contributed by atoms with E-state index in [1.807, 2.05) is 50.5 Å². The summed E-state index contributed by atoms with van der Waals surface area (Å²) in [5, 5.41) is 5.75. The van der Waals surface area contributed by atoms with Gasteiger partial charge in [0.2, 0.25) is 5.91 Å². The number of amides is 2. The molecule has 0 saturated carbocycles. The molecular formula is C22H24N4O2. The minimum atomic E-state index is -0.199. The van der Waals surface area contributed by atoms with Crippen molar-refractivity contribution in [3.05, 3.63) is 71.8 Å². The van der Waals surface area contributed by atoms with E-state index in [2.05, 4.69) is 15.6 Å². The highest BCUT2D eigenvalue weighted by atomic mass is 16.2. The second kappa shape index (κ2) is 8.08. The fourth-order valence-electron chi connectivity index (χ4n) is 3.04. The molecule has 0 aliphatic carbocycles. The van der Waals surface area contributed by atoms with Gasteiger partial charge < -0.3 is 15.2 Å². The third-order valence-electron chi connectivity index (χ3n) is 4.49. The summed E-state index contributed by atoms with van der Waals surface area (Å²) < 4.78 is 2.00. The average Bonchev–Trinajstić information content (AvgIpc) is 2.97. The molecule has 1 aromatic carbocycles. The van der Waals surface area contributed by atoms with Crippen LogP contribution in [0.25, 0.3) is 5.69 Å². The number of benzene rings is 1. The van der Waals surface area contributed by atoms with E-state index in [4.69, 9.17) is 0 Å². The van der Waals surface area contributed by atoms with Crippen LogP contribution < -0.4 is 10.6 Å². The van der Waals surface area contributed by atoms with E-state index < -0.39 is 0 Å². The number of hydrogen-bond acceptors (Lipinski definition) is 3. The zero-order valence-corrected chi connectivity index (χ0v) is 16.5. The molecule has 0 spiro atoms. The van der Waals surface area contributed by atoms with Crippen LogP contribution in [0.5, 0.6) is 0 Å². The van der Waals surface area contributed by atoms with Gasteiger partial charge in [-0.05, 0) is 50.2 Å². The van der Waals surface area contributed by atoms with Gasteiger partial charge in [0.05, 0.1) is 17.4 Å². The van der Waals surface area contributed by atoms with Gasteiger partial charge in [0.25, 0.3) is 5.91 Å². The average molecular weight is 376 g/mol. The molecule has 0 fully saturated rings. The van der Waals surface area contributed by atoms with E-state index in [0.29, 0.717) is 16.9 Å². The van der Waals surface area contributed by atoms with E-state index in [1.165, 1.54) is 0 Å². The van der Waals surface area contributed by atoms with Crippen LogP contribution in [0.1, 0.15) is 35.6 Å². The zero-order valence-electron chi connectivity index (χ0n) is 16.5. The fraction of sp³-hybridized carbons (Fsp3) is 0.227. The highest BCUT2D eigenvalue weighted by Gasteiger charge is 2.17. The van der Waals surface area contributed by atoms with Crippen molar-refractivity contribution in [1.82, 2.24) is 9.55 Å². The van der Waals surface area contributed by atoms with Crippen molar-refractivity contribution in [2.45, 2.75) is 27.7 Å². The number of carbonyl (C=O) groups excluding carboxylic acids is 2. The molecule has 0 radical (unpaired) electrons. The number of nitrogens with zero attached hydrogens (tertiary/aromatic N) is 2. The van der Waals surface area contributed by atoms with Crippen LogP contribution in [0.3, 0.4) is 0 Å². The Balaban J connectivity index is 1.82. The molecular weight excluding hydrogens is 352 g/mol. The molecule has 2 N–H and O–H groups in total. The van der Waals surface area contributed by atoms with Crippen LogP contribution in [-0.4, -0.2) is 21.4 Å². The lowest BCUT2D eigenvalue weighted by atomic mass is 10.2. The van der Waals surface area contributed by atoms with Crippen LogP contribution in [-0.2, 0) is 4.79 Å². The van der Waals surface area contributed by atoms with Crippen molar-refractivity contribution >= 4 is 23.2 Å². The fourth-order valence-corrected chi connectivity index (χ4v) is 3.04. The lowest BCUT2D eigenvalue weighted by molar-refractivity contribution is -0.118. The van der Waals surface area contributed by atoms with Gasteiger partial charge in [-0.1, -0.05) is 19.9 Å². The molecule has 28 heavy (non-hydrogen) atoms. The van der Waals surface area contributed by atoms with Crippen molar-refractivity contribution in [3.8, 4) is 5.69 Å². The predicted molar refractivity (Wildman–Crippen MR) is 111 cm³/mol. The normalized spacial score (nSPS) is 10.8. The molecule has 3 rings (SSSR count). The van der Waals surface area contributed by atoms with E-state index in [-0.39, 0.29) is 17.7 Å². The van der Waals surface area contributed by atoms with Crippen LogP contribution in [0.2, 0.25) is 0 Å². The standard InChI is InChI=1S/C22H24N4O2/c1-14(2)21(27)24-17-7-5-8-18(12-17)25-22(28)20-11-15(3)26(16(20)4)19-9-6-10-23-13-19/h5-14H,1-4H3,(H,24,27)(H,25,28). The molecule has 6 nitrogen and oxygen atoms in total. The predicted octanol–water partition coefficient (Wildman–Crippen LogP) is 4.34. The lowest BCUT2D eigenvalue weighted by Gasteiger charge is -2.11. The van der Waals surface area contributed by atoms with Gasteiger partial charge in [0.1, 0.15) is 0 Å². The summed E-state index contributed by atoms with van der Waals surface area (Å²) in [5.41, 5.74) is 4.57. The number of anilines is 2. The molecule has 0 unspecified atom stereocenters. The van der Waals surface area contributed by atoms with Gasteiger partial charge in [-0.25, -0.2) is 0 Å². The molecule has 2 heterocycles. The minimum absolute atomic E-state index is 0.0662. The molecule has 0 aliphatic rings. The molecule has 2 aromatic heterocycles. The lowest BCUT2D eigenvalue weighted by Crippen LogP contribution is -2.18. The number of nitrogens with one attached hydrogen (secondary N) is 2. The van der Waals surface area contributed by atoms with Crippen molar-refractivity contribution < 1.29 is 9.59 Å². The summed E-state index contributed by atoms with van der Waals surface area (Å²) in [4.78, 5) is 28.9. The maximum Gasteiger partial charge on any atom is 0.257 e. The van der Waals surface area contributed by atoms with Gasteiger partial charge in [-0.2, -0.15) is 0 Å². The first-order chi connectivity index (χ1) is 13.4. The molecule has 6 heteroatoms. The van der Waals surface area contributed by atoms with Gasteiger partial charge >= 0.3 is 0 Å². The monoisotopic (exact) mass is 376 g/mol. The third-order valence-corrected chi connectivity index (χ3v) is 4.49. The van der Waals surface area contributed by atoms with Crippen LogP contribution in [0, 0.1) is 19.8 Å². The van der Waals surface area contributed by atoms with Gasteiger partial charge in [-0.3, -0.25) is 14.6 Å². The Kier molecular flexibility index (Phi) is 5.59. The second-order valence-electron chi connectivity index (χ2n) is 7.01. The first kappa shape index (κ1) is 19.4. The number of carbonyl (C=O) groups is 2. The van der Waals surface area contributed by atoms with E-state index >= 15 is 0 Å². The molecule has 0 atom stereocenters. The molecule has 0 bridgehead atoms. The van der Waals surface area contributed by atoms with Crippen molar-refractivity contribution in [2.24, 2.45) is 5.92 Å². The Morgan fingerprint density at radius 3 is 2.36 bits per heavy atom. The van der Waals surface area contributed by atoms with Gasteiger partial charge in [-0.15, -0.1) is 0 Å². The highest BCUT2D eigenvalue weighted by molar-refractivity contribution is 6.06. The van der Waals surface area contributed by atoms with Crippen LogP contribution in [0.15, 0.2) is 54.9 Å². The summed E-state index contributed by atoms with van der Waals surface area (Å²) in [6.45, 7) is 7.53.